The van der Waals surface area contributed by atoms with Gasteiger partial charge in [0.1, 0.15) is 0 Å². The van der Waals surface area contributed by atoms with E-state index < -0.39 is 0 Å². The number of aromatic nitrogens is 2. The summed E-state index contributed by atoms with van der Waals surface area (Å²) in [6, 6.07) is 8.51. The quantitative estimate of drug-likeness (QED) is 0.728. The Kier molecular flexibility index (Phi) is 3.07. The molecule has 1 heterocycles. The second kappa shape index (κ2) is 4.49. The van der Waals surface area contributed by atoms with E-state index in [1.165, 1.54) is 11.1 Å². The Morgan fingerprint density at radius 2 is 2.00 bits per heavy atom. The van der Waals surface area contributed by atoms with Gasteiger partial charge in [0.05, 0.1) is 17.9 Å². The number of hydrogen-bond acceptors (Lipinski definition) is 1. The van der Waals surface area contributed by atoms with Crippen LogP contribution >= 0.6 is 11.6 Å². The van der Waals surface area contributed by atoms with E-state index in [1.807, 2.05) is 17.1 Å². The van der Waals surface area contributed by atoms with E-state index in [1.54, 1.807) is 0 Å². The van der Waals surface area contributed by atoms with Crippen molar-refractivity contribution in [1.82, 2.24) is 9.55 Å². The Morgan fingerprint density at radius 3 is 2.60 bits per heavy atom. The molecule has 0 radical (unpaired) electrons. The van der Waals surface area contributed by atoms with Crippen LogP contribution in [0.3, 0.4) is 0 Å². The molecule has 0 spiro atoms. The lowest BCUT2D eigenvalue weighted by Crippen LogP contribution is -1.95. The number of nitrogens with zero attached hydrogens (tertiary/aromatic N) is 2. The van der Waals surface area contributed by atoms with Crippen LogP contribution in [0.5, 0.6) is 0 Å². The van der Waals surface area contributed by atoms with Gasteiger partial charge in [0.25, 0.3) is 0 Å². The maximum absolute atomic E-state index is 5.69. The van der Waals surface area contributed by atoms with Gasteiger partial charge in [-0.3, -0.25) is 0 Å². The van der Waals surface area contributed by atoms with Crippen LogP contribution in [0, 0.1) is 6.92 Å². The molecule has 0 atom stereocenters. The highest BCUT2D eigenvalue weighted by Gasteiger charge is 1.98. The topological polar surface area (TPSA) is 17.8 Å². The van der Waals surface area contributed by atoms with E-state index in [4.69, 9.17) is 11.6 Å². The van der Waals surface area contributed by atoms with Crippen LogP contribution in [0.25, 0.3) is 0 Å². The van der Waals surface area contributed by atoms with Crippen molar-refractivity contribution < 1.29 is 0 Å². The van der Waals surface area contributed by atoms with Gasteiger partial charge in [0.2, 0.25) is 0 Å². The molecule has 3 heteroatoms. The fraction of sp³-hybridized carbons (Fsp3) is 0.250. The zero-order chi connectivity index (χ0) is 10.7. The molecule has 0 bridgehead atoms. The van der Waals surface area contributed by atoms with Crippen molar-refractivity contribution >= 4 is 11.6 Å². The van der Waals surface area contributed by atoms with Crippen molar-refractivity contribution in [1.29, 1.82) is 0 Å². The predicted molar refractivity (Wildman–Crippen MR) is 62.1 cm³/mol. The second-order valence-corrected chi connectivity index (χ2v) is 3.92. The van der Waals surface area contributed by atoms with Gasteiger partial charge in [0, 0.05) is 12.7 Å². The first-order valence-corrected chi connectivity index (χ1v) is 5.43. The Hall–Kier alpha value is -1.28. The molecule has 0 aliphatic rings. The Bertz CT molecular complexity index is 431. The number of imidazole rings is 1. The van der Waals surface area contributed by atoms with Crippen LogP contribution in [-0.4, -0.2) is 9.55 Å². The first kappa shape index (κ1) is 10.2. The Morgan fingerprint density at radius 1 is 1.27 bits per heavy atom. The third-order valence-corrected chi connectivity index (χ3v) is 2.58. The largest absolute Gasteiger partial charge is 0.333 e. The normalized spacial score (nSPS) is 10.5. The molecule has 0 aliphatic heterocycles. The van der Waals surface area contributed by atoms with Gasteiger partial charge >= 0.3 is 0 Å². The van der Waals surface area contributed by atoms with E-state index >= 15 is 0 Å². The average Bonchev–Trinajstić information content (AvgIpc) is 2.69. The van der Waals surface area contributed by atoms with Crippen LogP contribution in [0.1, 0.15) is 16.8 Å². The molecule has 15 heavy (non-hydrogen) atoms. The number of rotatable bonds is 3. The summed E-state index contributed by atoms with van der Waals surface area (Å²) in [6.07, 6.45) is 3.80. The van der Waals surface area contributed by atoms with Gasteiger partial charge in [0.15, 0.2) is 0 Å². The smallest absolute Gasteiger partial charge is 0.0953 e. The predicted octanol–water partition coefficient (Wildman–Crippen LogP) is 2.98. The summed E-state index contributed by atoms with van der Waals surface area (Å²) in [4.78, 5) is 4.18. The molecule has 2 aromatic rings. The minimum Gasteiger partial charge on any atom is -0.333 e. The SMILES string of the molecule is Cc1ccc(Cn2cnc(CCl)c2)cc1. The summed E-state index contributed by atoms with van der Waals surface area (Å²) in [5.74, 6) is 0.473. The Labute approximate surface area is 94.5 Å². The molecule has 0 N–H and O–H groups in total. The van der Waals surface area contributed by atoms with Gasteiger partial charge in [-0.2, -0.15) is 0 Å². The first-order chi connectivity index (χ1) is 7.28. The molecule has 2 rings (SSSR count). The first-order valence-electron chi connectivity index (χ1n) is 4.90. The fourth-order valence-corrected chi connectivity index (χ4v) is 1.60. The summed E-state index contributed by atoms with van der Waals surface area (Å²) >= 11 is 5.69. The monoisotopic (exact) mass is 220 g/mol. The number of hydrogen-bond donors (Lipinski definition) is 0. The highest BCUT2D eigenvalue weighted by Crippen LogP contribution is 2.07. The zero-order valence-corrected chi connectivity index (χ0v) is 9.41. The van der Waals surface area contributed by atoms with Crippen molar-refractivity contribution in [2.24, 2.45) is 0 Å². The van der Waals surface area contributed by atoms with Crippen LogP contribution < -0.4 is 0 Å². The molecule has 0 fully saturated rings. The summed E-state index contributed by atoms with van der Waals surface area (Å²) < 4.78 is 2.04. The zero-order valence-electron chi connectivity index (χ0n) is 8.65. The molecular formula is C12H13ClN2. The highest BCUT2D eigenvalue weighted by atomic mass is 35.5. The molecule has 2 nitrogen and oxygen atoms in total. The van der Waals surface area contributed by atoms with Crippen LogP contribution in [0.4, 0.5) is 0 Å². The van der Waals surface area contributed by atoms with Gasteiger partial charge in [-0.15, -0.1) is 11.6 Å². The molecular weight excluding hydrogens is 208 g/mol. The van der Waals surface area contributed by atoms with Gasteiger partial charge < -0.3 is 4.57 Å². The van der Waals surface area contributed by atoms with Crippen LogP contribution in [-0.2, 0) is 12.4 Å². The van der Waals surface area contributed by atoms with E-state index in [-0.39, 0.29) is 0 Å². The van der Waals surface area contributed by atoms with Crippen molar-refractivity contribution in [3.63, 3.8) is 0 Å². The van der Waals surface area contributed by atoms with Crippen molar-refractivity contribution in [3.05, 3.63) is 53.6 Å². The Balaban J connectivity index is 2.11. The number of alkyl halides is 1. The maximum Gasteiger partial charge on any atom is 0.0953 e. The summed E-state index contributed by atoms with van der Waals surface area (Å²) in [5, 5.41) is 0. The minimum absolute atomic E-state index is 0.473. The molecule has 0 saturated heterocycles. The van der Waals surface area contributed by atoms with Crippen molar-refractivity contribution in [2.45, 2.75) is 19.3 Å². The van der Waals surface area contributed by atoms with Crippen molar-refractivity contribution in [3.8, 4) is 0 Å². The third kappa shape index (κ3) is 2.60. The van der Waals surface area contributed by atoms with E-state index in [9.17, 15) is 0 Å². The standard InChI is InChI=1S/C12H13ClN2/c1-10-2-4-11(5-3-10)7-15-8-12(6-13)14-9-15/h2-5,8-9H,6-7H2,1H3. The third-order valence-electron chi connectivity index (χ3n) is 2.31. The van der Waals surface area contributed by atoms with Gasteiger partial charge in [-0.05, 0) is 12.5 Å². The molecule has 0 unspecified atom stereocenters. The fourth-order valence-electron chi connectivity index (χ4n) is 1.47. The van der Waals surface area contributed by atoms with Gasteiger partial charge in [-0.1, -0.05) is 29.8 Å². The summed E-state index contributed by atoms with van der Waals surface area (Å²) in [6.45, 7) is 2.94. The highest BCUT2D eigenvalue weighted by molar-refractivity contribution is 6.16. The average molecular weight is 221 g/mol. The van der Waals surface area contributed by atoms with Crippen LogP contribution in [0.15, 0.2) is 36.8 Å². The molecule has 1 aromatic heterocycles. The number of aryl methyl sites for hydroxylation is 1. The summed E-state index contributed by atoms with van der Waals surface area (Å²) in [5.41, 5.74) is 3.48. The number of benzene rings is 1. The lowest BCUT2D eigenvalue weighted by molar-refractivity contribution is 0.796. The van der Waals surface area contributed by atoms with E-state index in [0.29, 0.717) is 5.88 Å². The minimum atomic E-state index is 0.473. The summed E-state index contributed by atoms with van der Waals surface area (Å²) in [7, 11) is 0. The van der Waals surface area contributed by atoms with Gasteiger partial charge in [-0.25, -0.2) is 4.98 Å². The molecule has 1 aromatic carbocycles. The lowest BCUT2D eigenvalue weighted by atomic mass is 10.1. The van der Waals surface area contributed by atoms with E-state index in [2.05, 4.69) is 36.2 Å². The van der Waals surface area contributed by atoms with E-state index in [0.717, 1.165) is 12.2 Å². The second-order valence-electron chi connectivity index (χ2n) is 3.66. The lowest BCUT2D eigenvalue weighted by Gasteiger charge is -2.02. The molecule has 0 amide bonds. The molecule has 0 aliphatic carbocycles. The number of halogens is 1. The van der Waals surface area contributed by atoms with Crippen molar-refractivity contribution in [2.75, 3.05) is 0 Å². The van der Waals surface area contributed by atoms with Crippen LogP contribution in [0.2, 0.25) is 0 Å². The maximum atomic E-state index is 5.69. The molecule has 78 valence electrons. The molecule has 0 saturated carbocycles.